The lowest BCUT2D eigenvalue weighted by Crippen LogP contribution is -2.41. The van der Waals surface area contributed by atoms with Gasteiger partial charge in [0.1, 0.15) is 5.75 Å². The van der Waals surface area contributed by atoms with Crippen molar-refractivity contribution in [3.63, 3.8) is 0 Å². The number of hydrogen-bond acceptors (Lipinski definition) is 5. The van der Waals surface area contributed by atoms with Gasteiger partial charge < -0.3 is 14.2 Å². The van der Waals surface area contributed by atoms with Crippen LogP contribution < -0.4 is 4.74 Å². The molecule has 6 heteroatoms. The van der Waals surface area contributed by atoms with Crippen molar-refractivity contribution >= 4 is 5.91 Å². The molecule has 0 N–H and O–H groups in total. The number of aryl methyl sites for hydroxylation is 1. The molecular formula is C22H23N3O3. The molecule has 6 nitrogen and oxygen atoms in total. The standard InChI is InChI=1S/C22H23N3O3/c1-16-9-11-17(12-10-16)21-23-22(28-24-21)18-6-5-13-25(14-18)20(26)15-27-19-7-3-2-4-8-19/h2-4,7-12,18H,5-6,13-15H2,1H3/t18-/m0/s1. The second-order valence-electron chi connectivity index (χ2n) is 7.10. The van der Waals surface area contributed by atoms with Gasteiger partial charge in [-0.15, -0.1) is 0 Å². The van der Waals surface area contributed by atoms with E-state index in [4.69, 9.17) is 9.26 Å². The molecule has 2 aromatic carbocycles. The van der Waals surface area contributed by atoms with Crippen LogP contribution in [0.15, 0.2) is 59.1 Å². The Kier molecular flexibility index (Phi) is 5.37. The molecule has 144 valence electrons. The van der Waals surface area contributed by atoms with E-state index >= 15 is 0 Å². The van der Waals surface area contributed by atoms with Crippen LogP contribution in [0, 0.1) is 6.92 Å². The van der Waals surface area contributed by atoms with Gasteiger partial charge in [0.05, 0.1) is 5.92 Å². The predicted molar refractivity (Wildman–Crippen MR) is 105 cm³/mol. The smallest absolute Gasteiger partial charge is 0.260 e. The molecule has 1 fully saturated rings. The molecule has 4 rings (SSSR count). The molecule has 3 aromatic rings. The minimum atomic E-state index is -0.0215. The fourth-order valence-corrected chi connectivity index (χ4v) is 3.38. The molecule has 2 heterocycles. The predicted octanol–water partition coefficient (Wildman–Crippen LogP) is 3.83. The summed E-state index contributed by atoms with van der Waals surface area (Å²) in [5.74, 6) is 1.92. The summed E-state index contributed by atoms with van der Waals surface area (Å²) in [6, 6.07) is 17.4. The Balaban J connectivity index is 1.38. The number of rotatable bonds is 5. The topological polar surface area (TPSA) is 68.5 Å². The summed E-state index contributed by atoms with van der Waals surface area (Å²) in [7, 11) is 0. The van der Waals surface area contributed by atoms with Crippen LogP contribution in [-0.2, 0) is 4.79 Å². The van der Waals surface area contributed by atoms with Crippen molar-refractivity contribution in [3.8, 4) is 17.1 Å². The summed E-state index contributed by atoms with van der Waals surface area (Å²) in [6.07, 6.45) is 1.84. The highest BCUT2D eigenvalue weighted by atomic mass is 16.5. The molecule has 0 radical (unpaired) electrons. The lowest BCUT2D eigenvalue weighted by Gasteiger charge is -2.30. The summed E-state index contributed by atoms with van der Waals surface area (Å²) in [6.45, 7) is 3.38. The summed E-state index contributed by atoms with van der Waals surface area (Å²) < 4.78 is 11.1. The van der Waals surface area contributed by atoms with Crippen molar-refractivity contribution in [2.24, 2.45) is 0 Å². The van der Waals surface area contributed by atoms with Crippen LogP contribution in [-0.4, -0.2) is 40.6 Å². The third-order valence-electron chi connectivity index (χ3n) is 4.98. The van der Waals surface area contributed by atoms with Crippen molar-refractivity contribution in [1.82, 2.24) is 15.0 Å². The molecular weight excluding hydrogens is 354 g/mol. The van der Waals surface area contributed by atoms with E-state index in [1.54, 1.807) is 0 Å². The normalized spacial score (nSPS) is 16.8. The molecule has 1 saturated heterocycles. The maximum Gasteiger partial charge on any atom is 0.260 e. The number of carbonyl (C=O) groups is 1. The summed E-state index contributed by atoms with van der Waals surface area (Å²) >= 11 is 0. The minimum Gasteiger partial charge on any atom is -0.484 e. The number of ether oxygens (including phenoxy) is 1. The van der Waals surface area contributed by atoms with E-state index in [1.807, 2.05) is 66.4 Å². The number of amides is 1. The second kappa shape index (κ2) is 8.25. The number of piperidine rings is 1. The fraction of sp³-hybridized carbons (Fsp3) is 0.318. The fourth-order valence-electron chi connectivity index (χ4n) is 3.38. The summed E-state index contributed by atoms with van der Waals surface area (Å²) in [5, 5.41) is 4.12. The maximum atomic E-state index is 12.5. The van der Waals surface area contributed by atoms with E-state index in [0.29, 0.717) is 24.0 Å². The third-order valence-corrected chi connectivity index (χ3v) is 4.98. The molecule has 0 saturated carbocycles. The highest BCUT2D eigenvalue weighted by molar-refractivity contribution is 5.78. The SMILES string of the molecule is Cc1ccc(-c2noc([C@H]3CCCN(C(=O)COc4ccccc4)C3)n2)cc1. The number of nitrogens with zero attached hydrogens (tertiary/aromatic N) is 3. The van der Waals surface area contributed by atoms with Crippen LogP contribution in [0.1, 0.15) is 30.2 Å². The van der Waals surface area contributed by atoms with Gasteiger partial charge in [-0.3, -0.25) is 4.79 Å². The molecule has 1 aliphatic heterocycles. The van der Waals surface area contributed by atoms with E-state index in [-0.39, 0.29) is 18.4 Å². The largest absolute Gasteiger partial charge is 0.484 e. The maximum absolute atomic E-state index is 12.5. The minimum absolute atomic E-state index is 0.0215. The van der Waals surface area contributed by atoms with Gasteiger partial charge in [-0.2, -0.15) is 4.98 Å². The molecule has 28 heavy (non-hydrogen) atoms. The molecule has 1 aromatic heterocycles. The van der Waals surface area contributed by atoms with E-state index in [1.165, 1.54) is 5.56 Å². The molecule has 0 aliphatic carbocycles. The average molecular weight is 377 g/mol. The average Bonchev–Trinajstić information content (AvgIpc) is 3.24. The first-order valence-corrected chi connectivity index (χ1v) is 9.55. The number of carbonyl (C=O) groups excluding carboxylic acids is 1. The van der Waals surface area contributed by atoms with Gasteiger partial charge in [-0.1, -0.05) is 53.2 Å². The Bertz CT molecular complexity index is 922. The Labute approximate surface area is 164 Å². The number of para-hydroxylation sites is 1. The van der Waals surface area contributed by atoms with E-state index in [9.17, 15) is 4.79 Å². The zero-order chi connectivity index (χ0) is 19.3. The van der Waals surface area contributed by atoms with Gasteiger partial charge in [-0.05, 0) is 31.9 Å². The van der Waals surface area contributed by atoms with Crippen molar-refractivity contribution in [2.45, 2.75) is 25.7 Å². The van der Waals surface area contributed by atoms with E-state index in [0.717, 1.165) is 24.9 Å². The van der Waals surface area contributed by atoms with E-state index < -0.39 is 0 Å². The Hall–Kier alpha value is -3.15. The zero-order valence-electron chi connectivity index (χ0n) is 15.9. The second-order valence-corrected chi connectivity index (χ2v) is 7.10. The molecule has 0 unspecified atom stereocenters. The molecule has 0 bridgehead atoms. The Morgan fingerprint density at radius 3 is 2.75 bits per heavy atom. The van der Waals surface area contributed by atoms with Gasteiger partial charge in [-0.25, -0.2) is 0 Å². The van der Waals surface area contributed by atoms with Crippen LogP contribution >= 0.6 is 0 Å². The van der Waals surface area contributed by atoms with Gasteiger partial charge in [0.2, 0.25) is 11.7 Å². The van der Waals surface area contributed by atoms with Crippen LogP contribution in [0.4, 0.5) is 0 Å². The number of hydrogen-bond donors (Lipinski definition) is 0. The molecule has 1 amide bonds. The highest BCUT2D eigenvalue weighted by Gasteiger charge is 2.28. The van der Waals surface area contributed by atoms with Crippen LogP contribution in [0.25, 0.3) is 11.4 Å². The van der Waals surface area contributed by atoms with Crippen molar-refractivity contribution in [1.29, 1.82) is 0 Å². The monoisotopic (exact) mass is 377 g/mol. The summed E-state index contributed by atoms with van der Waals surface area (Å²) in [5.41, 5.74) is 2.12. The molecule has 0 spiro atoms. The van der Waals surface area contributed by atoms with Gasteiger partial charge in [0.25, 0.3) is 5.91 Å². The van der Waals surface area contributed by atoms with Gasteiger partial charge in [0, 0.05) is 18.7 Å². The first kappa shape index (κ1) is 18.2. The highest BCUT2D eigenvalue weighted by Crippen LogP contribution is 2.27. The number of benzene rings is 2. The van der Waals surface area contributed by atoms with Crippen LogP contribution in [0.2, 0.25) is 0 Å². The molecule has 1 atom stereocenters. The lowest BCUT2D eigenvalue weighted by atomic mass is 9.98. The first-order valence-electron chi connectivity index (χ1n) is 9.55. The van der Waals surface area contributed by atoms with Gasteiger partial charge >= 0.3 is 0 Å². The van der Waals surface area contributed by atoms with Crippen LogP contribution in [0.3, 0.4) is 0 Å². The summed E-state index contributed by atoms with van der Waals surface area (Å²) in [4.78, 5) is 18.9. The van der Waals surface area contributed by atoms with Crippen molar-refractivity contribution in [3.05, 3.63) is 66.1 Å². The van der Waals surface area contributed by atoms with Gasteiger partial charge in [0.15, 0.2) is 6.61 Å². The van der Waals surface area contributed by atoms with Crippen molar-refractivity contribution < 1.29 is 14.1 Å². The Morgan fingerprint density at radius 1 is 1.18 bits per heavy atom. The lowest BCUT2D eigenvalue weighted by molar-refractivity contribution is -0.134. The number of aromatic nitrogens is 2. The zero-order valence-corrected chi connectivity index (χ0v) is 15.9. The molecule has 1 aliphatic rings. The number of likely N-dealkylation sites (tertiary alicyclic amines) is 1. The third kappa shape index (κ3) is 4.22. The van der Waals surface area contributed by atoms with E-state index in [2.05, 4.69) is 10.1 Å². The van der Waals surface area contributed by atoms with Crippen LogP contribution in [0.5, 0.6) is 5.75 Å². The Morgan fingerprint density at radius 2 is 1.96 bits per heavy atom. The van der Waals surface area contributed by atoms with Crippen molar-refractivity contribution in [2.75, 3.05) is 19.7 Å². The first-order chi connectivity index (χ1) is 13.7. The quantitative estimate of drug-likeness (QED) is 0.676.